The normalized spacial score (nSPS) is 10.2. The van der Waals surface area contributed by atoms with Gasteiger partial charge in [-0.3, -0.25) is 5.10 Å². The molecule has 0 amide bonds. The van der Waals surface area contributed by atoms with Crippen LogP contribution in [0.1, 0.15) is 17.4 Å². The Balaban J connectivity index is 2.32. The van der Waals surface area contributed by atoms with E-state index in [1.165, 1.54) is 0 Å². The van der Waals surface area contributed by atoms with E-state index in [0.717, 1.165) is 11.3 Å². The number of aromatic amines is 1. The standard InChI is InChI=1S/C13H15N3O3/c1-3-19-13(17)12-10(14)11(15-16-12)8-4-6-9(18-2)7-5-8/h4-7H,3,14H2,1-2H3,(H,15,16). The molecule has 2 aromatic rings. The molecule has 100 valence electrons. The maximum atomic E-state index is 11.6. The van der Waals surface area contributed by atoms with E-state index in [1.54, 1.807) is 26.2 Å². The molecule has 0 aliphatic heterocycles. The van der Waals surface area contributed by atoms with Crippen molar-refractivity contribution in [2.45, 2.75) is 6.92 Å². The van der Waals surface area contributed by atoms with E-state index in [4.69, 9.17) is 15.2 Å². The van der Waals surface area contributed by atoms with Gasteiger partial charge in [0.2, 0.25) is 0 Å². The number of anilines is 1. The van der Waals surface area contributed by atoms with Crippen LogP contribution >= 0.6 is 0 Å². The second-order valence-electron chi connectivity index (χ2n) is 3.81. The summed E-state index contributed by atoms with van der Waals surface area (Å²) in [6, 6.07) is 7.24. The third kappa shape index (κ3) is 2.52. The minimum Gasteiger partial charge on any atom is -0.497 e. The number of benzene rings is 1. The summed E-state index contributed by atoms with van der Waals surface area (Å²) in [5.41, 5.74) is 7.68. The van der Waals surface area contributed by atoms with Crippen LogP contribution < -0.4 is 10.5 Å². The lowest BCUT2D eigenvalue weighted by molar-refractivity contribution is 0.0520. The fraction of sp³-hybridized carbons (Fsp3) is 0.231. The highest BCUT2D eigenvalue weighted by molar-refractivity contribution is 5.96. The van der Waals surface area contributed by atoms with Crippen LogP contribution in [0.5, 0.6) is 5.75 Å². The van der Waals surface area contributed by atoms with Gasteiger partial charge in [-0.05, 0) is 31.2 Å². The molecule has 6 nitrogen and oxygen atoms in total. The van der Waals surface area contributed by atoms with Gasteiger partial charge in [0.05, 0.1) is 19.4 Å². The van der Waals surface area contributed by atoms with Crippen molar-refractivity contribution in [3.8, 4) is 17.0 Å². The number of nitrogens with two attached hydrogens (primary N) is 1. The highest BCUT2D eigenvalue weighted by atomic mass is 16.5. The molecular weight excluding hydrogens is 246 g/mol. The first-order chi connectivity index (χ1) is 9.17. The number of esters is 1. The van der Waals surface area contributed by atoms with Gasteiger partial charge in [-0.1, -0.05) is 0 Å². The third-order valence-corrected chi connectivity index (χ3v) is 2.65. The van der Waals surface area contributed by atoms with Gasteiger partial charge in [0.25, 0.3) is 0 Å². The average molecular weight is 261 g/mol. The highest BCUT2D eigenvalue weighted by Crippen LogP contribution is 2.27. The Morgan fingerprint density at radius 1 is 1.37 bits per heavy atom. The molecule has 0 aliphatic carbocycles. The zero-order chi connectivity index (χ0) is 13.8. The van der Waals surface area contributed by atoms with Gasteiger partial charge in [-0.25, -0.2) is 4.79 Å². The largest absolute Gasteiger partial charge is 0.497 e. The zero-order valence-corrected chi connectivity index (χ0v) is 10.8. The predicted molar refractivity (Wildman–Crippen MR) is 70.9 cm³/mol. The second kappa shape index (κ2) is 5.43. The summed E-state index contributed by atoms with van der Waals surface area (Å²) >= 11 is 0. The number of carbonyl (C=O) groups is 1. The van der Waals surface area contributed by atoms with Crippen molar-refractivity contribution >= 4 is 11.7 Å². The Hall–Kier alpha value is -2.50. The third-order valence-electron chi connectivity index (χ3n) is 2.65. The lowest BCUT2D eigenvalue weighted by Crippen LogP contribution is -2.07. The summed E-state index contributed by atoms with van der Waals surface area (Å²) < 4.78 is 9.96. The highest BCUT2D eigenvalue weighted by Gasteiger charge is 2.18. The lowest BCUT2D eigenvalue weighted by atomic mass is 10.1. The summed E-state index contributed by atoms with van der Waals surface area (Å²) in [5, 5.41) is 6.66. The van der Waals surface area contributed by atoms with Crippen LogP contribution in [0.3, 0.4) is 0 Å². The summed E-state index contributed by atoms with van der Waals surface area (Å²) in [6.45, 7) is 2.02. The Bertz CT molecular complexity index is 575. The summed E-state index contributed by atoms with van der Waals surface area (Å²) in [4.78, 5) is 11.6. The first-order valence-electron chi connectivity index (χ1n) is 5.82. The number of rotatable bonds is 4. The molecule has 0 bridgehead atoms. The minimum absolute atomic E-state index is 0.174. The molecule has 19 heavy (non-hydrogen) atoms. The average Bonchev–Trinajstić information content (AvgIpc) is 2.81. The molecule has 1 aromatic heterocycles. The first kappa shape index (κ1) is 12.9. The van der Waals surface area contributed by atoms with E-state index in [9.17, 15) is 4.79 Å². The number of ether oxygens (including phenoxy) is 2. The summed E-state index contributed by atoms with van der Waals surface area (Å²) in [6.07, 6.45) is 0. The number of nitrogens with one attached hydrogen (secondary N) is 1. The Morgan fingerprint density at radius 3 is 2.63 bits per heavy atom. The molecule has 2 rings (SSSR count). The molecule has 3 N–H and O–H groups in total. The number of H-pyrrole nitrogens is 1. The molecule has 6 heteroatoms. The number of hydrogen-bond acceptors (Lipinski definition) is 5. The van der Waals surface area contributed by atoms with Gasteiger partial charge >= 0.3 is 5.97 Å². The van der Waals surface area contributed by atoms with Gasteiger partial charge in [-0.15, -0.1) is 0 Å². The summed E-state index contributed by atoms with van der Waals surface area (Å²) in [7, 11) is 1.59. The fourth-order valence-electron chi connectivity index (χ4n) is 1.68. The topological polar surface area (TPSA) is 90.2 Å². The second-order valence-corrected chi connectivity index (χ2v) is 3.81. The van der Waals surface area contributed by atoms with Gasteiger partial charge in [0.1, 0.15) is 11.4 Å². The molecular formula is C13H15N3O3. The smallest absolute Gasteiger partial charge is 0.358 e. The first-order valence-corrected chi connectivity index (χ1v) is 5.82. The molecule has 0 atom stereocenters. The maximum Gasteiger partial charge on any atom is 0.358 e. The van der Waals surface area contributed by atoms with Gasteiger partial charge in [0, 0.05) is 5.56 Å². The Morgan fingerprint density at radius 2 is 2.05 bits per heavy atom. The van der Waals surface area contributed by atoms with E-state index < -0.39 is 5.97 Å². The molecule has 0 fully saturated rings. The summed E-state index contributed by atoms with van der Waals surface area (Å²) in [5.74, 6) is 0.232. The van der Waals surface area contributed by atoms with Crippen LogP contribution in [-0.2, 0) is 4.74 Å². The quantitative estimate of drug-likeness (QED) is 0.819. The predicted octanol–water partition coefficient (Wildman–Crippen LogP) is 1.84. The van der Waals surface area contributed by atoms with Crippen LogP contribution in [0, 0.1) is 0 Å². The van der Waals surface area contributed by atoms with Crippen LogP contribution in [0.15, 0.2) is 24.3 Å². The van der Waals surface area contributed by atoms with E-state index >= 15 is 0 Å². The molecule has 0 saturated carbocycles. The van der Waals surface area contributed by atoms with Gasteiger partial charge < -0.3 is 15.2 Å². The monoisotopic (exact) mass is 261 g/mol. The van der Waals surface area contributed by atoms with Crippen LogP contribution in [-0.4, -0.2) is 29.9 Å². The molecule has 0 aliphatic rings. The van der Waals surface area contributed by atoms with Crippen molar-refractivity contribution in [2.75, 3.05) is 19.5 Å². The minimum atomic E-state index is -0.507. The molecule has 0 radical (unpaired) electrons. The molecule has 0 spiro atoms. The number of nitrogen functional groups attached to an aromatic ring is 1. The fourth-order valence-corrected chi connectivity index (χ4v) is 1.68. The number of carbonyl (C=O) groups excluding carboxylic acids is 1. The molecule has 1 heterocycles. The molecule has 0 saturated heterocycles. The number of nitrogens with zero attached hydrogens (tertiary/aromatic N) is 1. The van der Waals surface area contributed by atoms with Crippen LogP contribution in [0.2, 0.25) is 0 Å². The zero-order valence-electron chi connectivity index (χ0n) is 10.8. The van der Waals surface area contributed by atoms with E-state index in [1.807, 2.05) is 12.1 Å². The van der Waals surface area contributed by atoms with Crippen molar-refractivity contribution in [3.63, 3.8) is 0 Å². The molecule has 0 unspecified atom stereocenters. The van der Waals surface area contributed by atoms with Crippen molar-refractivity contribution in [1.82, 2.24) is 10.2 Å². The Kier molecular flexibility index (Phi) is 3.70. The number of hydrogen-bond donors (Lipinski definition) is 2. The van der Waals surface area contributed by atoms with Crippen LogP contribution in [0.25, 0.3) is 11.3 Å². The lowest BCUT2D eigenvalue weighted by Gasteiger charge is -2.02. The van der Waals surface area contributed by atoms with Crippen molar-refractivity contribution < 1.29 is 14.3 Å². The maximum absolute atomic E-state index is 11.6. The van der Waals surface area contributed by atoms with Crippen molar-refractivity contribution in [1.29, 1.82) is 0 Å². The van der Waals surface area contributed by atoms with Gasteiger partial charge in [-0.2, -0.15) is 5.10 Å². The van der Waals surface area contributed by atoms with Crippen molar-refractivity contribution in [2.24, 2.45) is 0 Å². The van der Waals surface area contributed by atoms with E-state index in [-0.39, 0.29) is 18.0 Å². The molecule has 1 aromatic carbocycles. The van der Waals surface area contributed by atoms with Gasteiger partial charge in [0.15, 0.2) is 5.69 Å². The van der Waals surface area contributed by atoms with Crippen molar-refractivity contribution in [3.05, 3.63) is 30.0 Å². The van der Waals surface area contributed by atoms with Crippen LogP contribution in [0.4, 0.5) is 5.69 Å². The number of methoxy groups -OCH3 is 1. The Labute approximate surface area is 110 Å². The number of aromatic nitrogens is 2. The van der Waals surface area contributed by atoms with E-state index in [2.05, 4.69) is 10.2 Å². The van der Waals surface area contributed by atoms with E-state index in [0.29, 0.717) is 5.69 Å². The SMILES string of the molecule is CCOC(=O)c1[nH]nc(-c2ccc(OC)cc2)c1N.